The lowest BCUT2D eigenvalue weighted by atomic mass is 10.0. The minimum atomic E-state index is -0.580. The first-order valence-electron chi connectivity index (χ1n) is 11.5. The van der Waals surface area contributed by atoms with Gasteiger partial charge in [0.2, 0.25) is 0 Å². The van der Waals surface area contributed by atoms with Crippen molar-refractivity contribution < 1.29 is 13.5 Å². The standard InChI is InChI=1S/C25H26F2N6O/c1-32-10-16(11-32)12-33-13-22-23(14-33)29-25(28-22)24-20-9-19(2-3-21(20)30-31-24)34-5-4-15-6-17(26)8-18(27)7-15/h2-3,6-9,16H,4-5,10-14H2,1H3,(H,28,29)(H,30,31). The molecule has 0 radical (unpaired) electrons. The summed E-state index contributed by atoms with van der Waals surface area (Å²) < 4.78 is 32.6. The number of rotatable bonds is 7. The van der Waals surface area contributed by atoms with Crippen molar-refractivity contribution in [3.63, 3.8) is 0 Å². The maximum absolute atomic E-state index is 13.4. The predicted molar refractivity (Wildman–Crippen MR) is 124 cm³/mol. The minimum absolute atomic E-state index is 0.309. The Bertz CT molecular complexity index is 1300. The van der Waals surface area contributed by atoms with Gasteiger partial charge in [0, 0.05) is 50.6 Å². The second-order valence-electron chi connectivity index (χ2n) is 9.42. The molecule has 4 heterocycles. The molecule has 1 saturated heterocycles. The molecule has 2 aromatic carbocycles. The van der Waals surface area contributed by atoms with Crippen LogP contribution in [0, 0.1) is 17.6 Å². The number of likely N-dealkylation sites (tertiary alicyclic amines) is 1. The Morgan fingerprint density at radius 3 is 2.68 bits per heavy atom. The second kappa shape index (κ2) is 8.48. The molecule has 7 nitrogen and oxygen atoms in total. The van der Waals surface area contributed by atoms with Crippen molar-refractivity contribution >= 4 is 10.9 Å². The highest BCUT2D eigenvalue weighted by Gasteiger charge is 2.30. The van der Waals surface area contributed by atoms with Crippen LogP contribution in [0.15, 0.2) is 36.4 Å². The van der Waals surface area contributed by atoms with Gasteiger partial charge in [-0.05, 0) is 48.9 Å². The highest BCUT2D eigenvalue weighted by Crippen LogP contribution is 2.31. The molecule has 1 fully saturated rings. The average Bonchev–Trinajstić information content (AvgIpc) is 3.44. The third-order valence-corrected chi connectivity index (χ3v) is 6.62. The molecule has 6 rings (SSSR count). The summed E-state index contributed by atoms with van der Waals surface area (Å²) >= 11 is 0. The minimum Gasteiger partial charge on any atom is -0.493 e. The van der Waals surface area contributed by atoms with Gasteiger partial charge in [0.25, 0.3) is 0 Å². The smallest absolute Gasteiger partial charge is 0.159 e. The summed E-state index contributed by atoms with van der Waals surface area (Å²) in [5.74, 6) is 1.02. The van der Waals surface area contributed by atoms with Gasteiger partial charge in [-0.25, -0.2) is 13.8 Å². The molecule has 34 heavy (non-hydrogen) atoms. The van der Waals surface area contributed by atoms with Crippen molar-refractivity contribution in [2.24, 2.45) is 5.92 Å². The fourth-order valence-corrected chi connectivity index (χ4v) is 5.05. The number of nitrogens with zero attached hydrogens (tertiary/aromatic N) is 4. The lowest BCUT2D eigenvalue weighted by Crippen LogP contribution is -2.48. The molecule has 4 aromatic rings. The van der Waals surface area contributed by atoms with Crippen LogP contribution in [0.3, 0.4) is 0 Å². The van der Waals surface area contributed by atoms with Crippen LogP contribution in [0.2, 0.25) is 0 Å². The number of hydrogen-bond acceptors (Lipinski definition) is 5. The molecule has 0 saturated carbocycles. The van der Waals surface area contributed by atoms with Gasteiger partial charge in [0.05, 0.1) is 23.5 Å². The number of ether oxygens (including phenoxy) is 1. The van der Waals surface area contributed by atoms with Gasteiger partial charge in [0.1, 0.15) is 23.1 Å². The molecule has 9 heteroatoms. The van der Waals surface area contributed by atoms with Crippen molar-refractivity contribution in [3.05, 3.63) is 65.0 Å². The third kappa shape index (κ3) is 4.17. The van der Waals surface area contributed by atoms with E-state index in [0.29, 0.717) is 24.3 Å². The number of imidazole rings is 1. The van der Waals surface area contributed by atoms with Crippen LogP contribution in [-0.2, 0) is 19.5 Å². The van der Waals surface area contributed by atoms with Gasteiger partial charge in [0.15, 0.2) is 5.82 Å². The largest absolute Gasteiger partial charge is 0.493 e. The molecular formula is C25H26F2N6O. The Morgan fingerprint density at radius 2 is 1.91 bits per heavy atom. The number of H-pyrrole nitrogens is 2. The predicted octanol–water partition coefficient (Wildman–Crippen LogP) is 3.73. The maximum Gasteiger partial charge on any atom is 0.159 e. The summed E-state index contributed by atoms with van der Waals surface area (Å²) in [5.41, 5.74) is 4.46. The molecule has 176 valence electrons. The number of aromatic amines is 2. The number of benzene rings is 2. The molecule has 0 spiro atoms. The van der Waals surface area contributed by atoms with E-state index >= 15 is 0 Å². The van der Waals surface area contributed by atoms with Crippen molar-refractivity contribution in [3.8, 4) is 17.3 Å². The fourth-order valence-electron chi connectivity index (χ4n) is 5.05. The average molecular weight is 465 g/mol. The number of aromatic nitrogens is 4. The van der Waals surface area contributed by atoms with E-state index in [4.69, 9.17) is 9.72 Å². The zero-order chi connectivity index (χ0) is 23.2. The van der Waals surface area contributed by atoms with Gasteiger partial charge in [-0.15, -0.1) is 0 Å². The second-order valence-corrected chi connectivity index (χ2v) is 9.42. The third-order valence-electron chi connectivity index (χ3n) is 6.62. The zero-order valence-corrected chi connectivity index (χ0v) is 18.9. The van der Waals surface area contributed by atoms with E-state index in [1.165, 1.54) is 25.2 Å². The summed E-state index contributed by atoms with van der Waals surface area (Å²) in [6, 6.07) is 9.21. The molecule has 0 aliphatic carbocycles. The SMILES string of the molecule is CN1CC(CN2Cc3nc(-c4n[nH]c5ccc(OCCc6cc(F)cc(F)c6)cc45)[nH]c3C2)C1. The van der Waals surface area contributed by atoms with E-state index in [2.05, 4.69) is 32.0 Å². The first-order chi connectivity index (χ1) is 16.5. The normalized spacial score (nSPS) is 16.8. The van der Waals surface area contributed by atoms with Crippen LogP contribution >= 0.6 is 0 Å². The van der Waals surface area contributed by atoms with Gasteiger partial charge in [-0.3, -0.25) is 10.00 Å². The summed E-state index contributed by atoms with van der Waals surface area (Å²) in [6.07, 6.45) is 0.406. The highest BCUT2D eigenvalue weighted by atomic mass is 19.1. The van der Waals surface area contributed by atoms with Crippen molar-refractivity contribution in [1.29, 1.82) is 0 Å². The first kappa shape index (κ1) is 21.2. The molecule has 0 atom stereocenters. The molecule has 0 unspecified atom stereocenters. The molecule has 2 aliphatic rings. The van der Waals surface area contributed by atoms with Crippen molar-refractivity contribution in [2.75, 3.05) is 33.3 Å². The first-order valence-corrected chi connectivity index (χ1v) is 11.5. The summed E-state index contributed by atoms with van der Waals surface area (Å²) in [4.78, 5) is 13.1. The monoisotopic (exact) mass is 464 g/mol. The fraction of sp³-hybridized carbons (Fsp3) is 0.360. The lowest BCUT2D eigenvalue weighted by molar-refractivity contribution is 0.0892. The van der Waals surface area contributed by atoms with Crippen LogP contribution < -0.4 is 4.74 Å². The van der Waals surface area contributed by atoms with Crippen LogP contribution in [-0.4, -0.2) is 63.3 Å². The van der Waals surface area contributed by atoms with Crippen LogP contribution in [0.1, 0.15) is 17.0 Å². The summed E-state index contributed by atoms with van der Waals surface area (Å²) in [6.45, 7) is 5.52. The van der Waals surface area contributed by atoms with E-state index in [1.807, 2.05) is 18.2 Å². The summed E-state index contributed by atoms with van der Waals surface area (Å²) in [5, 5.41) is 8.46. The molecule has 2 N–H and O–H groups in total. The Kier molecular flexibility index (Phi) is 5.30. The zero-order valence-electron chi connectivity index (χ0n) is 18.9. The molecule has 2 aromatic heterocycles. The highest BCUT2D eigenvalue weighted by molar-refractivity contribution is 5.92. The maximum atomic E-state index is 13.4. The number of fused-ring (bicyclic) bond motifs is 2. The van der Waals surface area contributed by atoms with Gasteiger partial charge >= 0.3 is 0 Å². The van der Waals surface area contributed by atoms with E-state index in [1.54, 1.807) is 0 Å². The van der Waals surface area contributed by atoms with Crippen LogP contribution in [0.25, 0.3) is 22.4 Å². The van der Waals surface area contributed by atoms with Gasteiger partial charge < -0.3 is 14.6 Å². The Morgan fingerprint density at radius 1 is 1.09 bits per heavy atom. The Hall–Kier alpha value is -3.30. The molecule has 2 aliphatic heterocycles. The Balaban J connectivity index is 1.14. The number of hydrogen-bond donors (Lipinski definition) is 2. The molecule has 0 bridgehead atoms. The van der Waals surface area contributed by atoms with Gasteiger partial charge in [-0.1, -0.05) is 0 Å². The summed E-state index contributed by atoms with van der Waals surface area (Å²) in [7, 11) is 2.16. The van der Waals surface area contributed by atoms with Gasteiger partial charge in [-0.2, -0.15) is 5.10 Å². The van der Waals surface area contributed by atoms with Crippen LogP contribution in [0.4, 0.5) is 8.78 Å². The van der Waals surface area contributed by atoms with E-state index in [9.17, 15) is 8.78 Å². The quantitative estimate of drug-likeness (QED) is 0.436. The van der Waals surface area contributed by atoms with E-state index in [0.717, 1.165) is 65.4 Å². The molecule has 0 amide bonds. The lowest BCUT2D eigenvalue weighted by Gasteiger charge is -2.38. The van der Waals surface area contributed by atoms with Crippen molar-refractivity contribution in [2.45, 2.75) is 19.5 Å². The van der Waals surface area contributed by atoms with Crippen molar-refractivity contribution in [1.82, 2.24) is 30.0 Å². The number of halogens is 2. The van der Waals surface area contributed by atoms with E-state index < -0.39 is 11.6 Å². The van der Waals surface area contributed by atoms with Crippen LogP contribution in [0.5, 0.6) is 5.75 Å². The van der Waals surface area contributed by atoms with E-state index in [-0.39, 0.29) is 0 Å². The Labute approximate surface area is 195 Å². The number of nitrogens with one attached hydrogen (secondary N) is 2. The molecular weight excluding hydrogens is 438 g/mol. The topological polar surface area (TPSA) is 73.1 Å².